The number of hydrogen-bond donors (Lipinski definition) is 0. The molecular weight excluding hydrogens is 606 g/mol. The highest BCUT2D eigenvalue weighted by molar-refractivity contribution is 7.89. The molecule has 0 N–H and O–H groups in total. The number of imidazole rings is 1. The third kappa shape index (κ3) is 6.92. The molecule has 2 bridgehead atoms. The van der Waals surface area contributed by atoms with E-state index in [0.29, 0.717) is 61.7 Å². The lowest BCUT2D eigenvalue weighted by molar-refractivity contribution is 0.0745. The largest absolute Gasteiger partial charge is 0.495 e. The number of fused-ring (bicyclic) bond motifs is 4. The number of methoxy groups -OCH3 is 1. The Hall–Kier alpha value is -3.87. The minimum atomic E-state index is -4.00. The average Bonchev–Trinajstić information content (AvgIpc) is 3.62. The molecule has 1 aliphatic rings. The lowest BCUT2D eigenvalue weighted by atomic mass is 10.1. The molecule has 234 valence electrons. The highest BCUT2D eigenvalue weighted by Crippen LogP contribution is 2.30. The number of aromatic nitrogens is 3. The Bertz CT molecular complexity index is 1700. The fourth-order valence-corrected chi connectivity index (χ4v) is 7.25. The van der Waals surface area contributed by atoms with Gasteiger partial charge in [0, 0.05) is 55.7 Å². The second-order valence-corrected chi connectivity index (χ2v) is 12.9. The van der Waals surface area contributed by atoms with Crippen molar-refractivity contribution in [1.82, 2.24) is 23.9 Å². The standard InChI is InChI=1S/C31H36ClN5O6S/c1-22-29(23(2)43-34-22)31(38)36-13-4-5-16-37(44(39,40)28-21-25(32)10-11-27(28)41-3)18-19-42-26-9-6-8-24(20-26)30-33-12-17-35(30)14-7-15-36/h6,8-12,17,20-21H,4-5,7,13-16,18-19H2,1-3H3. The molecule has 0 fully saturated rings. The van der Waals surface area contributed by atoms with Crippen molar-refractivity contribution >= 4 is 27.5 Å². The van der Waals surface area contributed by atoms with Gasteiger partial charge in [0.2, 0.25) is 10.0 Å². The predicted octanol–water partition coefficient (Wildman–Crippen LogP) is 5.21. The molecule has 2 aromatic heterocycles. The van der Waals surface area contributed by atoms with Gasteiger partial charge in [0.05, 0.1) is 12.8 Å². The van der Waals surface area contributed by atoms with Crippen LogP contribution in [-0.4, -0.2) is 78.1 Å². The first-order chi connectivity index (χ1) is 21.2. The van der Waals surface area contributed by atoms with Gasteiger partial charge in [-0.3, -0.25) is 4.79 Å². The minimum Gasteiger partial charge on any atom is -0.495 e. The van der Waals surface area contributed by atoms with E-state index in [1.165, 1.54) is 17.5 Å². The van der Waals surface area contributed by atoms with E-state index >= 15 is 0 Å². The maximum Gasteiger partial charge on any atom is 0.259 e. The fraction of sp³-hybridized carbons (Fsp3) is 0.387. The smallest absolute Gasteiger partial charge is 0.259 e. The summed E-state index contributed by atoms with van der Waals surface area (Å²) in [5.41, 5.74) is 1.87. The number of rotatable bonds is 4. The lowest BCUT2D eigenvalue weighted by Gasteiger charge is -2.25. The van der Waals surface area contributed by atoms with Gasteiger partial charge in [-0.2, -0.15) is 4.31 Å². The molecule has 3 heterocycles. The molecule has 1 aliphatic heterocycles. The molecule has 13 heteroatoms. The normalized spacial score (nSPS) is 15.7. The van der Waals surface area contributed by atoms with E-state index in [1.807, 2.05) is 30.5 Å². The zero-order valence-corrected chi connectivity index (χ0v) is 26.6. The second kappa shape index (κ2) is 13.8. The van der Waals surface area contributed by atoms with Gasteiger partial charge in [-0.25, -0.2) is 13.4 Å². The molecule has 11 nitrogen and oxygen atoms in total. The van der Waals surface area contributed by atoms with Crippen LogP contribution in [0.5, 0.6) is 11.5 Å². The number of amides is 1. The summed E-state index contributed by atoms with van der Waals surface area (Å²) >= 11 is 6.20. The number of carbonyl (C=O) groups is 1. The van der Waals surface area contributed by atoms with Crippen molar-refractivity contribution < 1.29 is 27.2 Å². The molecule has 5 rings (SSSR count). The Morgan fingerprint density at radius 1 is 1.00 bits per heavy atom. The monoisotopic (exact) mass is 641 g/mol. The van der Waals surface area contributed by atoms with Crippen LogP contribution in [0.2, 0.25) is 5.02 Å². The molecule has 1 amide bonds. The Morgan fingerprint density at radius 3 is 2.57 bits per heavy atom. The van der Waals surface area contributed by atoms with E-state index in [2.05, 4.69) is 14.7 Å². The number of aryl methyl sites for hydroxylation is 3. The van der Waals surface area contributed by atoms with Crippen LogP contribution in [0, 0.1) is 13.8 Å². The number of ether oxygens (including phenoxy) is 2. The highest BCUT2D eigenvalue weighted by atomic mass is 35.5. The van der Waals surface area contributed by atoms with Crippen molar-refractivity contribution in [2.45, 2.75) is 44.6 Å². The zero-order chi connectivity index (χ0) is 31.3. The first-order valence-corrected chi connectivity index (χ1v) is 16.3. The van der Waals surface area contributed by atoms with Crippen LogP contribution < -0.4 is 9.47 Å². The third-order valence-corrected chi connectivity index (χ3v) is 9.76. The van der Waals surface area contributed by atoms with Gasteiger partial charge in [0.1, 0.15) is 40.1 Å². The zero-order valence-electron chi connectivity index (χ0n) is 25.0. The van der Waals surface area contributed by atoms with Crippen LogP contribution in [0.25, 0.3) is 11.4 Å². The van der Waals surface area contributed by atoms with Crippen LogP contribution in [-0.2, 0) is 16.6 Å². The van der Waals surface area contributed by atoms with Gasteiger partial charge in [-0.05, 0) is 63.4 Å². The van der Waals surface area contributed by atoms with E-state index in [9.17, 15) is 13.2 Å². The molecule has 0 spiro atoms. The highest BCUT2D eigenvalue weighted by Gasteiger charge is 2.29. The van der Waals surface area contributed by atoms with Crippen LogP contribution in [0.3, 0.4) is 0 Å². The number of halogens is 1. The van der Waals surface area contributed by atoms with Crippen molar-refractivity contribution in [3.8, 4) is 22.9 Å². The SMILES string of the molecule is COc1ccc(Cl)cc1S(=O)(=O)N1CCCCN(C(=O)c2c(C)noc2C)CCCn2ccnc2-c2cccc(c2)OCC1. The summed E-state index contributed by atoms with van der Waals surface area (Å²) in [6, 6.07) is 12.1. The van der Waals surface area contributed by atoms with Gasteiger partial charge in [-0.15, -0.1) is 0 Å². The van der Waals surface area contributed by atoms with Crippen molar-refractivity contribution in [3.05, 3.63) is 76.9 Å². The summed E-state index contributed by atoms with van der Waals surface area (Å²) in [7, 11) is -2.58. The average molecular weight is 642 g/mol. The Morgan fingerprint density at radius 2 is 1.80 bits per heavy atom. The van der Waals surface area contributed by atoms with Crippen LogP contribution in [0.1, 0.15) is 41.1 Å². The summed E-state index contributed by atoms with van der Waals surface area (Å²) in [6.45, 7) is 5.49. The quantitative estimate of drug-likeness (QED) is 0.298. The summed E-state index contributed by atoms with van der Waals surface area (Å²) in [4.78, 5) is 20.0. The molecule has 4 aromatic rings. The number of benzene rings is 2. The second-order valence-electron chi connectivity index (χ2n) is 10.6. The van der Waals surface area contributed by atoms with Gasteiger partial charge in [-0.1, -0.05) is 28.9 Å². The molecule has 0 saturated heterocycles. The molecular formula is C31H36ClN5O6S. The van der Waals surface area contributed by atoms with Crippen LogP contribution in [0.4, 0.5) is 0 Å². The van der Waals surface area contributed by atoms with Crippen LogP contribution in [0.15, 0.2) is 64.3 Å². The Labute approximate surface area is 262 Å². The van der Waals surface area contributed by atoms with Gasteiger partial charge in [0.25, 0.3) is 5.91 Å². The number of sulfonamides is 1. The number of hydrogen-bond acceptors (Lipinski definition) is 8. The third-order valence-electron chi connectivity index (χ3n) is 7.61. The Kier molecular flexibility index (Phi) is 9.92. The lowest BCUT2D eigenvalue weighted by Crippen LogP contribution is -2.37. The van der Waals surface area contributed by atoms with E-state index in [0.717, 1.165) is 11.4 Å². The maximum absolute atomic E-state index is 13.9. The molecule has 2 aromatic carbocycles. The maximum atomic E-state index is 13.9. The van der Waals surface area contributed by atoms with Crippen LogP contribution >= 0.6 is 11.6 Å². The van der Waals surface area contributed by atoms with Crippen molar-refractivity contribution in [2.75, 3.05) is 39.9 Å². The van der Waals surface area contributed by atoms with Gasteiger partial charge >= 0.3 is 0 Å². The van der Waals surface area contributed by atoms with Crippen molar-refractivity contribution in [2.24, 2.45) is 0 Å². The minimum absolute atomic E-state index is 0.0116. The Balaban J connectivity index is 1.45. The fourth-order valence-electron chi connectivity index (χ4n) is 5.37. The number of carbonyl (C=O) groups excluding carboxylic acids is 1. The van der Waals surface area contributed by atoms with Crippen molar-refractivity contribution in [3.63, 3.8) is 0 Å². The summed E-state index contributed by atoms with van der Waals surface area (Å²) in [5, 5.41) is 4.25. The first kappa shape index (κ1) is 31.6. The van der Waals surface area contributed by atoms with Gasteiger partial charge in [0.15, 0.2) is 0 Å². The molecule has 0 atom stereocenters. The van der Waals surface area contributed by atoms with E-state index in [4.69, 9.17) is 25.6 Å². The number of nitrogens with zero attached hydrogens (tertiary/aromatic N) is 5. The summed E-state index contributed by atoms with van der Waals surface area (Å²) in [5.74, 6) is 1.91. The first-order valence-electron chi connectivity index (χ1n) is 14.5. The topological polar surface area (TPSA) is 120 Å². The van der Waals surface area contributed by atoms with E-state index in [-0.39, 0.29) is 41.3 Å². The molecule has 44 heavy (non-hydrogen) atoms. The van der Waals surface area contributed by atoms with Gasteiger partial charge < -0.3 is 23.5 Å². The molecule has 0 saturated carbocycles. The predicted molar refractivity (Wildman–Crippen MR) is 166 cm³/mol. The summed E-state index contributed by atoms with van der Waals surface area (Å²) in [6.07, 6.45) is 5.44. The summed E-state index contributed by atoms with van der Waals surface area (Å²) < 4.78 is 48.0. The van der Waals surface area contributed by atoms with E-state index < -0.39 is 10.0 Å². The van der Waals surface area contributed by atoms with Crippen molar-refractivity contribution in [1.29, 1.82) is 0 Å². The molecule has 0 unspecified atom stereocenters. The molecule has 0 radical (unpaired) electrons. The molecule has 0 aliphatic carbocycles. The van der Waals surface area contributed by atoms with E-state index in [1.54, 1.807) is 37.1 Å².